The first-order valence-electron chi connectivity index (χ1n) is 4.66. The Balaban J connectivity index is 3.35. The van der Waals surface area contributed by atoms with E-state index in [1.54, 1.807) is 0 Å². The summed E-state index contributed by atoms with van der Waals surface area (Å²) in [5.41, 5.74) is 3.46. The Morgan fingerprint density at radius 1 is 1.39 bits per heavy atom. The van der Waals surface area contributed by atoms with Crippen molar-refractivity contribution in [1.82, 2.24) is 4.98 Å². The molecular formula is C9H9F5N2O2. The van der Waals surface area contributed by atoms with Crippen molar-refractivity contribution in [3.8, 4) is 5.75 Å². The van der Waals surface area contributed by atoms with Gasteiger partial charge in [0.05, 0.1) is 12.3 Å². The molecule has 0 aliphatic rings. The third-order valence-electron chi connectivity index (χ3n) is 1.93. The van der Waals surface area contributed by atoms with Gasteiger partial charge in [0.2, 0.25) is 0 Å². The van der Waals surface area contributed by atoms with Crippen molar-refractivity contribution in [1.29, 1.82) is 0 Å². The molecule has 0 saturated carbocycles. The molecule has 0 radical (unpaired) electrons. The lowest BCUT2D eigenvalue weighted by atomic mass is 10.1. The summed E-state index contributed by atoms with van der Waals surface area (Å²) < 4.78 is 64.9. The lowest BCUT2D eigenvalue weighted by molar-refractivity contribution is -0.275. The van der Waals surface area contributed by atoms with Crippen molar-refractivity contribution in [2.75, 3.05) is 0 Å². The Morgan fingerprint density at radius 3 is 2.39 bits per heavy atom. The molecule has 9 heteroatoms. The standard InChI is InChI=1S/C9H9F5N2O2/c10-8(11)6-7(18-9(12,13)14)4(3-17)1-5(2-15)16-6/h1,8,17H,2-3,15H2. The van der Waals surface area contributed by atoms with E-state index in [0.29, 0.717) is 0 Å². The van der Waals surface area contributed by atoms with Crippen LogP contribution < -0.4 is 10.5 Å². The largest absolute Gasteiger partial charge is 0.573 e. The molecule has 0 atom stereocenters. The van der Waals surface area contributed by atoms with Gasteiger partial charge in [-0.3, -0.25) is 0 Å². The van der Waals surface area contributed by atoms with E-state index < -0.39 is 36.4 Å². The fourth-order valence-corrected chi connectivity index (χ4v) is 1.27. The van der Waals surface area contributed by atoms with Crippen molar-refractivity contribution < 1.29 is 31.8 Å². The van der Waals surface area contributed by atoms with Crippen LogP contribution in [0.3, 0.4) is 0 Å². The molecule has 0 aliphatic carbocycles. The highest BCUT2D eigenvalue weighted by atomic mass is 19.4. The van der Waals surface area contributed by atoms with Crippen molar-refractivity contribution in [3.05, 3.63) is 23.0 Å². The topological polar surface area (TPSA) is 68.4 Å². The normalized spacial score (nSPS) is 12.0. The summed E-state index contributed by atoms with van der Waals surface area (Å²) in [5.74, 6) is -1.18. The predicted molar refractivity (Wildman–Crippen MR) is 49.7 cm³/mol. The van der Waals surface area contributed by atoms with Gasteiger partial charge in [-0.25, -0.2) is 13.8 Å². The highest BCUT2D eigenvalue weighted by Gasteiger charge is 2.35. The van der Waals surface area contributed by atoms with Crippen LogP contribution in [0.2, 0.25) is 0 Å². The summed E-state index contributed by atoms with van der Waals surface area (Å²) in [4.78, 5) is 3.27. The highest BCUT2D eigenvalue weighted by molar-refractivity contribution is 5.39. The van der Waals surface area contributed by atoms with Crippen molar-refractivity contribution in [2.24, 2.45) is 5.73 Å². The van der Waals surface area contributed by atoms with Crippen LogP contribution in [0, 0.1) is 0 Å². The molecule has 0 saturated heterocycles. The average Bonchev–Trinajstić information content (AvgIpc) is 2.26. The molecule has 102 valence electrons. The Labute approximate surface area is 98.2 Å². The predicted octanol–water partition coefficient (Wildman–Crippen LogP) is 1.87. The molecule has 0 aromatic carbocycles. The second-order valence-electron chi connectivity index (χ2n) is 3.20. The van der Waals surface area contributed by atoms with E-state index in [0.717, 1.165) is 6.07 Å². The Kier molecular flexibility index (Phi) is 4.41. The van der Waals surface area contributed by atoms with E-state index in [2.05, 4.69) is 9.72 Å². The molecule has 0 bridgehead atoms. The second-order valence-corrected chi connectivity index (χ2v) is 3.20. The van der Waals surface area contributed by atoms with Crippen LogP contribution >= 0.6 is 0 Å². The smallest absolute Gasteiger partial charge is 0.403 e. The maximum atomic E-state index is 12.6. The Morgan fingerprint density at radius 2 is 2.00 bits per heavy atom. The van der Waals surface area contributed by atoms with E-state index >= 15 is 0 Å². The van der Waals surface area contributed by atoms with Crippen LogP contribution in [0.15, 0.2) is 6.07 Å². The fraction of sp³-hybridized carbons (Fsp3) is 0.444. The van der Waals surface area contributed by atoms with Crippen LogP contribution in [-0.4, -0.2) is 16.5 Å². The average molecular weight is 272 g/mol. The summed E-state index contributed by atoms with van der Waals surface area (Å²) >= 11 is 0. The number of hydrogen-bond acceptors (Lipinski definition) is 4. The number of aliphatic hydroxyl groups excluding tert-OH is 1. The number of nitrogens with two attached hydrogens (primary N) is 1. The zero-order chi connectivity index (χ0) is 13.9. The van der Waals surface area contributed by atoms with Crippen molar-refractivity contribution >= 4 is 0 Å². The zero-order valence-corrected chi connectivity index (χ0v) is 8.84. The summed E-state index contributed by atoms with van der Waals surface area (Å²) in [5, 5.41) is 8.88. The van der Waals surface area contributed by atoms with Gasteiger partial charge < -0.3 is 15.6 Å². The number of halogens is 5. The zero-order valence-electron chi connectivity index (χ0n) is 8.84. The van der Waals surface area contributed by atoms with Gasteiger partial charge in [-0.1, -0.05) is 0 Å². The molecule has 3 N–H and O–H groups in total. The van der Waals surface area contributed by atoms with E-state index in [-0.39, 0.29) is 12.2 Å². The molecule has 1 aromatic rings. The second kappa shape index (κ2) is 5.44. The highest BCUT2D eigenvalue weighted by Crippen LogP contribution is 2.35. The van der Waals surface area contributed by atoms with Gasteiger partial charge in [-0.15, -0.1) is 13.2 Å². The van der Waals surface area contributed by atoms with Crippen molar-refractivity contribution in [2.45, 2.75) is 25.9 Å². The van der Waals surface area contributed by atoms with Crippen LogP contribution in [0.5, 0.6) is 5.75 Å². The Hall–Kier alpha value is -1.48. The molecule has 1 rings (SSSR count). The number of nitrogens with zero attached hydrogens (tertiary/aromatic N) is 1. The summed E-state index contributed by atoms with van der Waals surface area (Å²) in [6, 6.07) is 0.979. The maximum absolute atomic E-state index is 12.6. The molecule has 1 aromatic heterocycles. The quantitative estimate of drug-likeness (QED) is 0.821. The molecule has 4 nitrogen and oxygen atoms in total. The first-order chi connectivity index (χ1) is 8.28. The number of ether oxygens (including phenoxy) is 1. The number of aliphatic hydroxyl groups is 1. The van der Waals surface area contributed by atoms with E-state index in [1.807, 2.05) is 0 Å². The van der Waals surface area contributed by atoms with Crippen molar-refractivity contribution in [3.63, 3.8) is 0 Å². The minimum atomic E-state index is -5.15. The summed E-state index contributed by atoms with van der Waals surface area (Å²) in [7, 11) is 0. The summed E-state index contributed by atoms with van der Waals surface area (Å²) in [6.07, 6.45) is -8.43. The third-order valence-corrected chi connectivity index (χ3v) is 1.93. The van der Waals surface area contributed by atoms with E-state index in [1.165, 1.54) is 0 Å². The Bertz CT molecular complexity index is 422. The van der Waals surface area contributed by atoms with Gasteiger partial charge >= 0.3 is 6.36 Å². The lowest BCUT2D eigenvalue weighted by Gasteiger charge is -2.16. The minimum Gasteiger partial charge on any atom is -0.403 e. The van der Waals surface area contributed by atoms with Crippen LogP contribution in [-0.2, 0) is 13.2 Å². The molecule has 0 aliphatic heterocycles. The molecule has 0 unspecified atom stereocenters. The SMILES string of the molecule is NCc1cc(CO)c(OC(F)(F)F)c(C(F)F)n1. The number of pyridine rings is 1. The first kappa shape index (κ1) is 14.6. The molecule has 0 spiro atoms. The minimum absolute atomic E-state index is 0.0659. The van der Waals surface area contributed by atoms with E-state index in [9.17, 15) is 22.0 Å². The van der Waals surface area contributed by atoms with Crippen LogP contribution in [0.4, 0.5) is 22.0 Å². The van der Waals surface area contributed by atoms with Gasteiger partial charge in [0, 0.05) is 12.1 Å². The molecule has 1 heterocycles. The monoisotopic (exact) mass is 272 g/mol. The molecule has 0 fully saturated rings. The first-order valence-corrected chi connectivity index (χ1v) is 4.66. The lowest BCUT2D eigenvalue weighted by Crippen LogP contribution is -2.20. The van der Waals surface area contributed by atoms with Gasteiger partial charge in [-0.05, 0) is 6.07 Å². The number of rotatable bonds is 4. The maximum Gasteiger partial charge on any atom is 0.573 e. The van der Waals surface area contributed by atoms with Gasteiger partial charge in [0.15, 0.2) is 5.75 Å². The molecule has 0 amide bonds. The van der Waals surface area contributed by atoms with Crippen LogP contribution in [0.25, 0.3) is 0 Å². The number of aromatic nitrogens is 1. The third kappa shape index (κ3) is 3.50. The number of hydrogen-bond donors (Lipinski definition) is 2. The van der Waals surface area contributed by atoms with E-state index in [4.69, 9.17) is 10.8 Å². The van der Waals surface area contributed by atoms with Gasteiger partial charge in [-0.2, -0.15) is 0 Å². The van der Waals surface area contributed by atoms with Crippen LogP contribution in [0.1, 0.15) is 23.4 Å². The molecule has 18 heavy (non-hydrogen) atoms. The van der Waals surface area contributed by atoms with Gasteiger partial charge in [0.1, 0.15) is 5.69 Å². The summed E-state index contributed by atoms with van der Waals surface area (Å²) in [6.45, 7) is -1.15. The molecular weight excluding hydrogens is 263 g/mol. The van der Waals surface area contributed by atoms with Gasteiger partial charge in [0.25, 0.3) is 6.43 Å². The number of alkyl halides is 5. The fourth-order valence-electron chi connectivity index (χ4n) is 1.27.